The van der Waals surface area contributed by atoms with Crippen molar-refractivity contribution in [3.8, 4) is 22.6 Å². The maximum atomic E-state index is 13.1. The third kappa shape index (κ3) is 4.38. The first kappa shape index (κ1) is 22.7. The van der Waals surface area contributed by atoms with Gasteiger partial charge in [-0.05, 0) is 62.2 Å². The second kappa shape index (κ2) is 9.19. The average Bonchev–Trinajstić information content (AvgIpc) is 3.03. The molecule has 8 nitrogen and oxygen atoms in total. The Morgan fingerprint density at radius 2 is 1.68 bits per heavy atom. The number of aryl methyl sites for hydroxylation is 2. The fourth-order valence-electron chi connectivity index (χ4n) is 3.81. The fraction of sp³-hybridized carbons (Fsp3) is 0.154. The molecule has 4 rings (SSSR count). The predicted octanol–water partition coefficient (Wildman–Crippen LogP) is 5.60. The van der Waals surface area contributed by atoms with Crippen molar-refractivity contribution in [3.05, 3.63) is 98.1 Å². The molecule has 0 aliphatic rings. The SMILES string of the molecule is CCOc1ccc(-c2cc(OC(=O)c3cccc([N+](=O)[O-])c3)c3c(C)oc(C)c3c(=O)c2)cc1. The van der Waals surface area contributed by atoms with E-state index in [2.05, 4.69) is 0 Å². The topological polar surface area (TPSA) is 109 Å². The molecule has 1 heterocycles. The van der Waals surface area contributed by atoms with Crippen molar-refractivity contribution in [1.82, 2.24) is 0 Å². The Morgan fingerprint density at radius 3 is 2.35 bits per heavy atom. The van der Waals surface area contributed by atoms with Crippen LogP contribution in [0.1, 0.15) is 28.8 Å². The molecule has 4 aromatic rings. The predicted molar refractivity (Wildman–Crippen MR) is 127 cm³/mol. The number of fused-ring (bicyclic) bond motifs is 1. The second-order valence-corrected chi connectivity index (χ2v) is 7.59. The first-order valence-electron chi connectivity index (χ1n) is 10.6. The zero-order valence-corrected chi connectivity index (χ0v) is 18.8. The van der Waals surface area contributed by atoms with Crippen LogP contribution in [0.2, 0.25) is 0 Å². The summed E-state index contributed by atoms with van der Waals surface area (Å²) in [6, 6.07) is 15.5. The minimum Gasteiger partial charge on any atom is -0.494 e. The highest BCUT2D eigenvalue weighted by Gasteiger charge is 2.20. The van der Waals surface area contributed by atoms with Gasteiger partial charge < -0.3 is 13.9 Å². The lowest BCUT2D eigenvalue weighted by atomic mass is 10.1. The van der Waals surface area contributed by atoms with Gasteiger partial charge in [0.05, 0.1) is 27.9 Å². The van der Waals surface area contributed by atoms with Crippen LogP contribution in [0, 0.1) is 24.0 Å². The zero-order valence-electron chi connectivity index (χ0n) is 18.8. The molecule has 0 radical (unpaired) electrons. The summed E-state index contributed by atoms with van der Waals surface area (Å²) in [5, 5.41) is 11.8. The Balaban J connectivity index is 1.86. The van der Waals surface area contributed by atoms with Gasteiger partial charge in [0.2, 0.25) is 0 Å². The van der Waals surface area contributed by atoms with Gasteiger partial charge in [0.25, 0.3) is 5.69 Å². The number of nitro groups is 1. The molecular formula is C26H21NO7. The van der Waals surface area contributed by atoms with Gasteiger partial charge in [-0.25, -0.2) is 4.79 Å². The van der Waals surface area contributed by atoms with Crippen LogP contribution in [-0.4, -0.2) is 17.5 Å². The number of benzene rings is 2. The number of hydrogen-bond donors (Lipinski definition) is 0. The molecule has 0 aliphatic carbocycles. The van der Waals surface area contributed by atoms with Crippen molar-refractivity contribution in [2.75, 3.05) is 6.61 Å². The smallest absolute Gasteiger partial charge is 0.343 e. The number of carbonyl (C=O) groups is 1. The molecule has 0 atom stereocenters. The third-order valence-electron chi connectivity index (χ3n) is 5.32. The van der Waals surface area contributed by atoms with Crippen LogP contribution >= 0.6 is 0 Å². The van der Waals surface area contributed by atoms with E-state index in [1.165, 1.54) is 24.3 Å². The Hall–Kier alpha value is -4.46. The summed E-state index contributed by atoms with van der Waals surface area (Å²) < 4.78 is 16.8. The summed E-state index contributed by atoms with van der Waals surface area (Å²) in [5.41, 5.74) is 0.746. The number of rotatable bonds is 6. The molecule has 0 amide bonds. The normalized spacial score (nSPS) is 10.8. The van der Waals surface area contributed by atoms with Crippen LogP contribution in [0.4, 0.5) is 5.69 Å². The number of nitrogens with zero attached hydrogens (tertiary/aromatic N) is 1. The molecule has 1 aromatic heterocycles. The van der Waals surface area contributed by atoms with Gasteiger partial charge in [0, 0.05) is 12.1 Å². The van der Waals surface area contributed by atoms with E-state index in [0.29, 0.717) is 40.2 Å². The maximum absolute atomic E-state index is 13.1. The quantitative estimate of drug-likeness (QED) is 0.210. The molecule has 8 heteroatoms. The second-order valence-electron chi connectivity index (χ2n) is 7.59. The summed E-state index contributed by atoms with van der Waals surface area (Å²) in [7, 11) is 0. The van der Waals surface area contributed by atoms with Crippen LogP contribution < -0.4 is 14.9 Å². The van der Waals surface area contributed by atoms with E-state index in [1.54, 1.807) is 44.2 Å². The third-order valence-corrected chi connectivity index (χ3v) is 5.32. The van der Waals surface area contributed by atoms with Gasteiger partial charge in [-0.3, -0.25) is 14.9 Å². The van der Waals surface area contributed by atoms with E-state index in [0.717, 1.165) is 11.6 Å². The summed E-state index contributed by atoms with van der Waals surface area (Å²) in [4.78, 5) is 36.5. The van der Waals surface area contributed by atoms with Gasteiger partial charge >= 0.3 is 5.97 Å². The van der Waals surface area contributed by atoms with Crippen LogP contribution in [0.25, 0.3) is 21.9 Å². The van der Waals surface area contributed by atoms with E-state index in [1.807, 2.05) is 6.92 Å². The Kier molecular flexibility index (Phi) is 6.14. The number of esters is 1. The molecule has 0 N–H and O–H groups in total. The van der Waals surface area contributed by atoms with Crippen molar-refractivity contribution < 1.29 is 23.6 Å². The highest BCUT2D eigenvalue weighted by Crippen LogP contribution is 2.34. The van der Waals surface area contributed by atoms with E-state index < -0.39 is 10.9 Å². The molecule has 0 bridgehead atoms. The lowest BCUT2D eigenvalue weighted by Gasteiger charge is -2.07. The molecule has 0 fully saturated rings. The number of hydrogen-bond acceptors (Lipinski definition) is 7. The van der Waals surface area contributed by atoms with Gasteiger partial charge in [-0.15, -0.1) is 0 Å². The highest BCUT2D eigenvalue weighted by molar-refractivity contribution is 5.98. The van der Waals surface area contributed by atoms with E-state index in [4.69, 9.17) is 13.9 Å². The number of furan rings is 1. The molecular weight excluding hydrogens is 438 g/mol. The fourth-order valence-corrected chi connectivity index (χ4v) is 3.81. The Bertz CT molecular complexity index is 1470. The summed E-state index contributed by atoms with van der Waals surface area (Å²) in [5.74, 6) is 0.834. The number of nitro benzene ring substituents is 1. The molecule has 0 spiro atoms. The molecule has 0 saturated carbocycles. The maximum Gasteiger partial charge on any atom is 0.343 e. The van der Waals surface area contributed by atoms with E-state index >= 15 is 0 Å². The van der Waals surface area contributed by atoms with E-state index in [-0.39, 0.29) is 22.4 Å². The van der Waals surface area contributed by atoms with E-state index in [9.17, 15) is 19.7 Å². The molecule has 0 saturated heterocycles. The summed E-state index contributed by atoms with van der Waals surface area (Å²) in [6.45, 7) is 5.76. The van der Waals surface area contributed by atoms with Gasteiger partial charge in [0.1, 0.15) is 23.0 Å². The first-order chi connectivity index (χ1) is 16.3. The van der Waals surface area contributed by atoms with Crippen molar-refractivity contribution in [2.24, 2.45) is 0 Å². The molecule has 0 unspecified atom stereocenters. The number of carbonyl (C=O) groups excluding carboxylic acids is 1. The largest absolute Gasteiger partial charge is 0.494 e. The lowest BCUT2D eigenvalue weighted by Crippen LogP contribution is -2.09. The highest BCUT2D eigenvalue weighted by atomic mass is 16.6. The average molecular weight is 459 g/mol. The van der Waals surface area contributed by atoms with Crippen molar-refractivity contribution in [3.63, 3.8) is 0 Å². The molecule has 34 heavy (non-hydrogen) atoms. The van der Waals surface area contributed by atoms with Crippen molar-refractivity contribution >= 4 is 22.4 Å². The van der Waals surface area contributed by atoms with Crippen molar-refractivity contribution in [2.45, 2.75) is 20.8 Å². The first-order valence-corrected chi connectivity index (χ1v) is 10.6. The van der Waals surface area contributed by atoms with Crippen molar-refractivity contribution in [1.29, 1.82) is 0 Å². The van der Waals surface area contributed by atoms with Crippen LogP contribution in [0.15, 0.2) is 69.9 Å². The summed E-state index contributed by atoms with van der Waals surface area (Å²) >= 11 is 0. The molecule has 172 valence electrons. The monoisotopic (exact) mass is 459 g/mol. The minimum atomic E-state index is -0.792. The van der Waals surface area contributed by atoms with Crippen LogP contribution in [-0.2, 0) is 0 Å². The van der Waals surface area contributed by atoms with Gasteiger partial charge in [0.15, 0.2) is 5.43 Å². The Labute approximate surface area is 194 Å². The van der Waals surface area contributed by atoms with Crippen LogP contribution in [0.5, 0.6) is 11.5 Å². The summed E-state index contributed by atoms with van der Waals surface area (Å²) in [6.07, 6.45) is 0. The molecule has 0 aliphatic heterocycles. The number of ether oxygens (including phenoxy) is 2. The minimum absolute atomic E-state index is 0.0108. The zero-order chi connectivity index (χ0) is 24.4. The Morgan fingerprint density at radius 1 is 0.971 bits per heavy atom. The van der Waals surface area contributed by atoms with Gasteiger partial charge in [-0.2, -0.15) is 0 Å². The number of non-ortho nitro benzene ring substituents is 1. The van der Waals surface area contributed by atoms with Gasteiger partial charge in [-0.1, -0.05) is 18.2 Å². The molecule has 3 aromatic carbocycles. The van der Waals surface area contributed by atoms with Crippen LogP contribution in [0.3, 0.4) is 0 Å². The lowest BCUT2D eigenvalue weighted by molar-refractivity contribution is -0.384. The standard InChI is InChI=1S/C26H21NO7/c1-4-32-21-10-8-17(9-11-21)19-13-22(28)24-15(2)33-16(3)25(24)23(14-19)34-26(29)18-6-5-7-20(12-18)27(30)31/h5-14H,4H2,1-3H3.